The molecule has 2 aliphatic rings. The minimum absolute atomic E-state index is 0. The van der Waals surface area contributed by atoms with Gasteiger partial charge in [-0.2, -0.15) is 0 Å². The van der Waals surface area contributed by atoms with Crippen LogP contribution in [0.2, 0.25) is 0 Å². The SMILES string of the molecule is CCOCCCNC(=NCc1nnc(C)n1C)N1CCN(CC(=O)N2CCCC2)CC1.I. The van der Waals surface area contributed by atoms with Crippen molar-refractivity contribution in [1.82, 2.24) is 34.8 Å². The van der Waals surface area contributed by atoms with Gasteiger partial charge in [0.1, 0.15) is 12.4 Å². The van der Waals surface area contributed by atoms with Gasteiger partial charge in [0.05, 0.1) is 6.54 Å². The van der Waals surface area contributed by atoms with Gasteiger partial charge in [0.2, 0.25) is 5.91 Å². The van der Waals surface area contributed by atoms with Gasteiger partial charge in [0.15, 0.2) is 11.8 Å². The lowest BCUT2D eigenvalue weighted by molar-refractivity contribution is -0.131. The predicted octanol–water partition coefficient (Wildman–Crippen LogP) is 0.854. The summed E-state index contributed by atoms with van der Waals surface area (Å²) < 4.78 is 7.41. The third kappa shape index (κ3) is 7.84. The number of ether oxygens (including phenoxy) is 1. The lowest BCUT2D eigenvalue weighted by Crippen LogP contribution is -2.54. The Hall–Kier alpha value is -1.47. The quantitative estimate of drug-likeness (QED) is 0.207. The molecule has 2 fully saturated rings. The van der Waals surface area contributed by atoms with Crippen molar-refractivity contribution >= 4 is 35.8 Å². The number of likely N-dealkylation sites (tertiary alicyclic amines) is 1. The van der Waals surface area contributed by atoms with Crippen molar-refractivity contribution in [2.45, 2.75) is 39.7 Å². The monoisotopic (exact) mass is 562 g/mol. The fourth-order valence-corrected chi connectivity index (χ4v) is 3.90. The molecule has 0 aromatic carbocycles. The van der Waals surface area contributed by atoms with E-state index in [0.29, 0.717) is 13.1 Å². The summed E-state index contributed by atoms with van der Waals surface area (Å²) >= 11 is 0. The van der Waals surface area contributed by atoms with E-state index < -0.39 is 0 Å². The number of guanidine groups is 1. The number of amides is 1. The van der Waals surface area contributed by atoms with Gasteiger partial charge in [-0.1, -0.05) is 0 Å². The van der Waals surface area contributed by atoms with Crippen molar-refractivity contribution in [3.05, 3.63) is 11.6 Å². The van der Waals surface area contributed by atoms with Gasteiger partial charge in [0.25, 0.3) is 0 Å². The highest BCUT2D eigenvalue weighted by atomic mass is 127. The number of piperazine rings is 1. The van der Waals surface area contributed by atoms with Crippen molar-refractivity contribution in [3.63, 3.8) is 0 Å². The number of aliphatic imine (C=N–C) groups is 1. The van der Waals surface area contributed by atoms with E-state index >= 15 is 0 Å². The molecule has 3 heterocycles. The number of aryl methyl sites for hydroxylation is 1. The van der Waals surface area contributed by atoms with Gasteiger partial charge in [-0.15, -0.1) is 34.2 Å². The average Bonchev–Trinajstić information content (AvgIpc) is 3.42. The molecule has 1 aromatic rings. The first kappa shape index (κ1) is 26.8. The Kier molecular flexibility index (Phi) is 11.7. The molecular formula is C21H39IN8O2. The van der Waals surface area contributed by atoms with Crippen LogP contribution in [-0.4, -0.2) is 107 Å². The van der Waals surface area contributed by atoms with Crippen LogP contribution in [0.4, 0.5) is 0 Å². The van der Waals surface area contributed by atoms with Gasteiger partial charge in [-0.25, -0.2) is 4.99 Å². The molecule has 1 N–H and O–H groups in total. The zero-order valence-corrected chi connectivity index (χ0v) is 22.1. The number of rotatable bonds is 9. The van der Waals surface area contributed by atoms with E-state index in [-0.39, 0.29) is 29.9 Å². The molecule has 182 valence electrons. The Labute approximate surface area is 208 Å². The van der Waals surface area contributed by atoms with E-state index in [1.54, 1.807) is 0 Å². The molecule has 11 heteroatoms. The van der Waals surface area contributed by atoms with Crippen molar-refractivity contribution in [2.24, 2.45) is 12.0 Å². The molecule has 3 rings (SSSR count). The van der Waals surface area contributed by atoms with Crippen LogP contribution in [0.15, 0.2) is 4.99 Å². The second-order valence-corrected chi connectivity index (χ2v) is 8.19. The number of hydrogen-bond donors (Lipinski definition) is 1. The summed E-state index contributed by atoms with van der Waals surface area (Å²) in [5.41, 5.74) is 0. The van der Waals surface area contributed by atoms with Crippen molar-refractivity contribution in [2.75, 3.05) is 65.6 Å². The maximum atomic E-state index is 12.5. The highest BCUT2D eigenvalue weighted by molar-refractivity contribution is 14.0. The molecule has 0 radical (unpaired) electrons. The van der Waals surface area contributed by atoms with Crippen molar-refractivity contribution in [1.29, 1.82) is 0 Å². The molecule has 0 aliphatic carbocycles. The number of aromatic nitrogens is 3. The van der Waals surface area contributed by atoms with Gasteiger partial charge in [0, 0.05) is 66.1 Å². The molecule has 0 atom stereocenters. The molecule has 0 spiro atoms. The zero-order chi connectivity index (χ0) is 22.1. The Morgan fingerprint density at radius 2 is 1.81 bits per heavy atom. The largest absolute Gasteiger partial charge is 0.382 e. The lowest BCUT2D eigenvalue weighted by Gasteiger charge is -2.36. The number of nitrogens with zero attached hydrogens (tertiary/aromatic N) is 7. The molecule has 0 unspecified atom stereocenters. The van der Waals surface area contributed by atoms with Crippen LogP contribution in [0.25, 0.3) is 0 Å². The summed E-state index contributed by atoms with van der Waals surface area (Å²) in [5, 5.41) is 11.8. The summed E-state index contributed by atoms with van der Waals surface area (Å²) in [6.45, 7) is 12.5. The van der Waals surface area contributed by atoms with Gasteiger partial charge in [-0.3, -0.25) is 9.69 Å². The molecule has 2 saturated heterocycles. The number of hydrogen-bond acceptors (Lipinski definition) is 6. The fourth-order valence-electron chi connectivity index (χ4n) is 3.90. The first-order chi connectivity index (χ1) is 15.1. The van der Waals surface area contributed by atoms with E-state index in [4.69, 9.17) is 9.73 Å². The topological polar surface area (TPSA) is 91.1 Å². The maximum Gasteiger partial charge on any atom is 0.236 e. The van der Waals surface area contributed by atoms with Crippen LogP contribution in [0.1, 0.15) is 37.8 Å². The molecule has 0 bridgehead atoms. The first-order valence-electron chi connectivity index (χ1n) is 11.5. The van der Waals surface area contributed by atoms with E-state index in [9.17, 15) is 4.79 Å². The number of carbonyl (C=O) groups is 1. The molecule has 1 amide bonds. The summed E-state index contributed by atoms with van der Waals surface area (Å²) in [6.07, 6.45) is 3.21. The van der Waals surface area contributed by atoms with Gasteiger partial charge >= 0.3 is 0 Å². The summed E-state index contributed by atoms with van der Waals surface area (Å²) in [5.74, 6) is 2.89. The number of halogens is 1. The molecule has 1 aromatic heterocycles. The molecule has 0 saturated carbocycles. The summed E-state index contributed by atoms with van der Waals surface area (Å²) in [7, 11) is 1.96. The van der Waals surface area contributed by atoms with Crippen LogP contribution in [0, 0.1) is 6.92 Å². The van der Waals surface area contributed by atoms with Gasteiger partial charge < -0.3 is 24.4 Å². The van der Waals surface area contributed by atoms with Crippen LogP contribution in [0.5, 0.6) is 0 Å². The highest BCUT2D eigenvalue weighted by Gasteiger charge is 2.24. The Balaban J connectivity index is 0.00000363. The van der Waals surface area contributed by atoms with Gasteiger partial charge in [-0.05, 0) is 33.1 Å². The Morgan fingerprint density at radius 1 is 1.09 bits per heavy atom. The normalized spacial score (nSPS) is 17.5. The second kappa shape index (κ2) is 13.9. The van der Waals surface area contributed by atoms with E-state index in [1.807, 2.05) is 30.4 Å². The van der Waals surface area contributed by atoms with Crippen LogP contribution >= 0.6 is 24.0 Å². The molecule has 32 heavy (non-hydrogen) atoms. The standard InChI is InChI=1S/C21H38N8O2.HI/c1-4-31-15-7-8-22-21(23-16-19-25-24-18(2)26(19)3)29-13-11-27(12-14-29)17-20(30)28-9-5-6-10-28;/h4-17H2,1-3H3,(H,22,23);1H. The summed E-state index contributed by atoms with van der Waals surface area (Å²) in [4.78, 5) is 23.8. The van der Waals surface area contributed by atoms with Crippen molar-refractivity contribution in [3.8, 4) is 0 Å². The highest BCUT2D eigenvalue weighted by Crippen LogP contribution is 2.10. The Morgan fingerprint density at radius 3 is 2.44 bits per heavy atom. The lowest BCUT2D eigenvalue weighted by atomic mass is 10.3. The van der Waals surface area contributed by atoms with Crippen molar-refractivity contribution < 1.29 is 9.53 Å². The van der Waals surface area contributed by atoms with Crippen LogP contribution in [0.3, 0.4) is 0 Å². The predicted molar refractivity (Wildman–Crippen MR) is 135 cm³/mol. The number of nitrogens with one attached hydrogen (secondary N) is 1. The molecule has 2 aliphatic heterocycles. The minimum Gasteiger partial charge on any atom is -0.382 e. The first-order valence-corrected chi connectivity index (χ1v) is 11.5. The third-order valence-electron chi connectivity index (χ3n) is 6.00. The van der Waals surface area contributed by atoms with Crippen LogP contribution in [-0.2, 0) is 23.1 Å². The molecular weight excluding hydrogens is 523 g/mol. The molecule has 10 nitrogen and oxygen atoms in total. The van der Waals surface area contributed by atoms with E-state index in [2.05, 4.69) is 25.3 Å². The average molecular weight is 563 g/mol. The number of carbonyl (C=O) groups excluding carboxylic acids is 1. The Bertz CT molecular complexity index is 727. The second-order valence-electron chi connectivity index (χ2n) is 8.19. The summed E-state index contributed by atoms with van der Waals surface area (Å²) in [6, 6.07) is 0. The van der Waals surface area contributed by atoms with E-state index in [1.165, 1.54) is 0 Å². The zero-order valence-electron chi connectivity index (χ0n) is 19.8. The fraction of sp³-hybridized carbons (Fsp3) is 0.810. The van der Waals surface area contributed by atoms with Crippen LogP contribution < -0.4 is 5.32 Å². The minimum atomic E-state index is 0. The third-order valence-corrected chi connectivity index (χ3v) is 6.00. The van der Waals surface area contributed by atoms with E-state index in [0.717, 1.165) is 95.9 Å². The smallest absolute Gasteiger partial charge is 0.236 e. The maximum absolute atomic E-state index is 12.5.